The Bertz CT molecular complexity index is 554. The van der Waals surface area contributed by atoms with Crippen molar-refractivity contribution in [2.45, 2.75) is 6.92 Å². The van der Waals surface area contributed by atoms with Crippen LogP contribution in [0.1, 0.15) is 17.3 Å². The van der Waals surface area contributed by atoms with Crippen LogP contribution < -0.4 is 5.56 Å². The van der Waals surface area contributed by atoms with Gasteiger partial charge in [-0.15, -0.1) is 0 Å². The second kappa shape index (κ2) is 3.10. The standard InChI is InChI=1S/C11H9NO2/c1-7(13)8-2-3-9-6-12-11(14)5-10(9)4-8/h2-6H,1H3,(H,12,14). The van der Waals surface area contributed by atoms with Gasteiger partial charge in [-0.3, -0.25) is 9.59 Å². The highest BCUT2D eigenvalue weighted by atomic mass is 16.1. The summed E-state index contributed by atoms with van der Waals surface area (Å²) in [5.74, 6) is 0.00665. The molecule has 1 aromatic heterocycles. The van der Waals surface area contributed by atoms with Gasteiger partial charge in [-0.1, -0.05) is 12.1 Å². The van der Waals surface area contributed by atoms with Crippen molar-refractivity contribution in [3.05, 3.63) is 46.4 Å². The molecule has 0 fully saturated rings. The second-order valence-corrected chi connectivity index (χ2v) is 3.20. The number of nitrogens with one attached hydrogen (secondary N) is 1. The molecule has 0 radical (unpaired) electrons. The van der Waals surface area contributed by atoms with Crippen LogP contribution in [0.5, 0.6) is 0 Å². The number of fused-ring (bicyclic) bond motifs is 1. The van der Waals surface area contributed by atoms with E-state index < -0.39 is 0 Å². The molecule has 0 aliphatic carbocycles. The average Bonchev–Trinajstić information content (AvgIpc) is 2.16. The van der Waals surface area contributed by atoms with Gasteiger partial charge in [-0.25, -0.2) is 0 Å². The van der Waals surface area contributed by atoms with Crippen LogP contribution in [0.2, 0.25) is 0 Å². The van der Waals surface area contributed by atoms with Gasteiger partial charge in [0.25, 0.3) is 0 Å². The molecule has 0 bridgehead atoms. The number of hydrogen-bond donors (Lipinski definition) is 1. The molecule has 1 aromatic carbocycles. The summed E-state index contributed by atoms with van der Waals surface area (Å²) >= 11 is 0. The molecule has 3 heteroatoms. The van der Waals surface area contributed by atoms with E-state index in [0.717, 1.165) is 10.8 Å². The zero-order valence-electron chi connectivity index (χ0n) is 7.70. The van der Waals surface area contributed by atoms with Crippen molar-refractivity contribution < 1.29 is 4.79 Å². The lowest BCUT2D eigenvalue weighted by molar-refractivity contribution is 0.101. The van der Waals surface area contributed by atoms with Crippen molar-refractivity contribution in [1.29, 1.82) is 0 Å². The molecular weight excluding hydrogens is 178 g/mol. The van der Waals surface area contributed by atoms with E-state index in [1.807, 2.05) is 6.07 Å². The van der Waals surface area contributed by atoms with Crippen molar-refractivity contribution in [3.8, 4) is 0 Å². The fourth-order valence-electron chi connectivity index (χ4n) is 1.38. The van der Waals surface area contributed by atoms with Crippen molar-refractivity contribution in [2.24, 2.45) is 0 Å². The van der Waals surface area contributed by atoms with Gasteiger partial charge in [0.15, 0.2) is 5.78 Å². The SMILES string of the molecule is CC(=O)c1ccc2c[nH]c(=O)cc2c1. The van der Waals surface area contributed by atoms with E-state index in [9.17, 15) is 9.59 Å². The summed E-state index contributed by atoms with van der Waals surface area (Å²) in [5, 5.41) is 1.72. The number of aromatic amines is 1. The number of ketones is 1. The molecule has 3 nitrogen and oxygen atoms in total. The lowest BCUT2D eigenvalue weighted by Gasteiger charge is -1.98. The Labute approximate surface area is 80.4 Å². The Morgan fingerprint density at radius 1 is 1.21 bits per heavy atom. The van der Waals surface area contributed by atoms with Gasteiger partial charge < -0.3 is 4.98 Å². The van der Waals surface area contributed by atoms with Crippen molar-refractivity contribution in [3.63, 3.8) is 0 Å². The zero-order valence-corrected chi connectivity index (χ0v) is 7.70. The lowest BCUT2D eigenvalue weighted by atomic mass is 10.1. The van der Waals surface area contributed by atoms with Gasteiger partial charge in [-0.05, 0) is 23.8 Å². The molecule has 70 valence electrons. The third kappa shape index (κ3) is 1.44. The van der Waals surface area contributed by atoms with Gasteiger partial charge in [0.1, 0.15) is 0 Å². The minimum Gasteiger partial charge on any atom is -0.328 e. The summed E-state index contributed by atoms with van der Waals surface area (Å²) in [5.41, 5.74) is 0.473. The predicted octanol–water partition coefficient (Wildman–Crippen LogP) is 1.73. The minimum atomic E-state index is -0.154. The van der Waals surface area contributed by atoms with Crippen molar-refractivity contribution in [2.75, 3.05) is 0 Å². The van der Waals surface area contributed by atoms with E-state index in [1.54, 1.807) is 18.3 Å². The maximum absolute atomic E-state index is 11.1. The van der Waals surface area contributed by atoms with E-state index in [1.165, 1.54) is 13.0 Å². The maximum Gasteiger partial charge on any atom is 0.248 e. The van der Waals surface area contributed by atoms with Gasteiger partial charge in [-0.2, -0.15) is 0 Å². The summed E-state index contributed by atoms with van der Waals surface area (Å²) in [6.45, 7) is 1.51. The van der Waals surface area contributed by atoms with Crippen LogP contribution in [0.15, 0.2) is 35.3 Å². The summed E-state index contributed by atoms with van der Waals surface area (Å²) in [6.07, 6.45) is 1.64. The molecule has 1 heterocycles. The first-order valence-corrected chi connectivity index (χ1v) is 4.30. The normalized spacial score (nSPS) is 10.4. The third-order valence-corrected chi connectivity index (χ3v) is 2.15. The summed E-state index contributed by atoms with van der Waals surface area (Å²) in [6, 6.07) is 6.79. The van der Waals surface area contributed by atoms with Crippen LogP contribution in [0.25, 0.3) is 10.8 Å². The Hall–Kier alpha value is -1.90. The Morgan fingerprint density at radius 3 is 2.71 bits per heavy atom. The quantitative estimate of drug-likeness (QED) is 0.691. The highest BCUT2D eigenvalue weighted by molar-refractivity contribution is 5.98. The molecule has 0 atom stereocenters. The highest BCUT2D eigenvalue weighted by Gasteiger charge is 2.00. The highest BCUT2D eigenvalue weighted by Crippen LogP contribution is 2.13. The van der Waals surface area contributed by atoms with Gasteiger partial charge >= 0.3 is 0 Å². The van der Waals surface area contributed by atoms with Crippen molar-refractivity contribution in [1.82, 2.24) is 4.98 Å². The largest absolute Gasteiger partial charge is 0.328 e. The van der Waals surface area contributed by atoms with Gasteiger partial charge in [0.2, 0.25) is 5.56 Å². The topological polar surface area (TPSA) is 49.9 Å². The van der Waals surface area contributed by atoms with Crippen LogP contribution in [0.3, 0.4) is 0 Å². The number of pyridine rings is 1. The lowest BCUT2D eigenvalue weighted by Crippen LogP contribution is -2.02. The van der Waals surface area contributed by atoms with E-state index in [4.69, 9.17) is 0 Å². The zero-order chi connectivity index (χ0) is 10.1. The van der Waals surface area contributed by atoms with Gasteiger partial charge in [0, 0.05) is 17.8 Å². The van der Waals surface area contributed by atoms with Crippen LogP contribution in [0, 0.1) is 0 Å². The minimum absolute atomic E-state index is 0.00665. The molecule has 0 spiro atoms. The first-order chi connectivity index (χ1) is 6.66. The summed E-state index contributed by atoms with van der Waals surface area (Å²) in [4.78, 5) is 24.7. The fourth-order valence-corrected chi connectivity index (χ4v) is 1.38. The molecule has 0 saturated carbocycles. The monoisotopic (exact) mass is 187 g/mol. The maximum atomic E-state index is 11.1. The summed E-state index contributed by atoms with van der Waals surface area (Å²) < 4.78 is 0. The number of carbonyl (C=O) groups excluding carboxylic acids is 1. The Kier molecular flexibility index (Phi) is 1.93. The molecule has 2 aromatic rings. The van der Waals surface area contributed by atoms with E-state index >= 15 is 0 Å². The van der Waals surface area contributed by atoms with Crippen LogP contribution in [0.4, 0.5) is 0 Å². The first kappa shape index (κ1) is 8.69. The number of carbonyl (C=O) groups is 1. The molecule has 14 heavy (non-hydrogen) atoms. The number of benzene rings is 1. The fraction of sp³-hybridized carbons (Fsp3) is 0.0909. The van der Waals surface area contributed by atoms with E-state index in [2.05, 4.69) is 4.98 Å². The number of rotatable bonds is 1. The molecule has 0 unspecified atom stereocenters. The number of hydrogen-bond acceptors (Lipinski definition) is 2. The van der Waals surface area contributed by atoms with Crippen LogP contribution in [-0.4, -0.2) is 10.8 Å². The molecule has 1 N–H and O–H groups in total. The molecule has 0 saturated heterocycles. The van der Waals surface area contributed by atoms with E-state index in [-0.39, 0.29) is 11.3 Å². The predicted molar refractivity (Wildman–Crippen MR) is 54.6 cm³/mol. The second-order valence-electron chi connectivity index (χ2n) is 3.20. The van der Waals surface area contributed by atoms with E-state index in [0.29, 0.717) is 5.56 Å². The Morgan fingerprint density at radius 2 is 2.00 bits per heavy atom. The van der Waals surface area contributed by atoms with Crippen LogP contribution in [-0.2, 0) is 0 Å². The molecular formula is C11H9NO2. The number of aromatic nitrogens is 1. The Balaban J connectivity index is 2.75. The van der Waals surface area contributed by atoms with Crippen molar-refractivity contribution >= 4 is 16.6 Å². The average molecular weight is 187 g/mol. The summed E-state index contributed by atoms with van der Waals surface area (Å²) in [7, 11) is 0. The number of H-pyrrole nitrogens is 1. The van der Waals surface area contributed by atoms with Gasteiger partial charge in [0.05, 0.1) is 0 Å². The molecule has 2 rings (SSSR count). The van der Waals surface area contributed by atoms with Crippen LogP contribution >= 0.6 is 0 Å². The molecule has 0 aliphatic heterocycles. The number of Topliss-reactive ketones (excluding diaryl/α,β-unsaturated/α-hetero) is 1. The molecule has 0 amide bonds. The smallest absolute Gasteiger partial charge is 0.248 e. The third-order valence-electron chi connectivity index (χ3n) is 2.15. The molecule has 0 aliphatic rings. The first-order valence-electron chi connectivity index (χ1n) is 4.30.